The van der Waals surface area contributed by atoms with Crippen molar-refractivity contribution in [1.29, 1.82) is 0 Å². The lowest BCUT2D eigenvalue weighted by Gasteiger charge is -2.38. The van der Waals surface area contributed by atoms with Gasteiger partial charge in [0.2, 0.25) is 5.91 Å². The van der Waals surface area contributed by atoms with E-state index in [9.17, 15) is 4.79 Å². The van der Waals surface area contributed by atoms with E-state index in [1.807, 2.05) is 11.8 Å². The van der Waals surface area contributed by atoms with Gasteiger partial charge in [-0.3, -0.25) is 4.79 Å². The molecule has 2 fully saturated rings. The molecular weight excluding hydrogens is 340 g/mol. The van der Waals surface area contributed by atoms with Gasteiger partial charge >= 0.3 is 0 Å². The lowest BCUT2D eigenvalue weighted by molar-refractivity contribution is -0.135. The van der Waals surface area contributed by atoms with Gasteiger partial charge in [-0.05, 0) is 49.8 Å². The van der Waals surface area contributed by atoms with E-state index in [2.05, 4.69) is 42.3 Å². The van der Waals surface area contributed by atoms with E-state index in [1.165, 1.54) is 28.9 Å². The van der Waals surface area contributed by atoms with Gasteiger partial charge in [0.25, 0.3) is 0 Å². The largest absolute Gasteiger partial charge is 0.336 e. The van der Waals surface area contributed by atoms with Crippen LogP contribution in [0.3, 0.4) is 0 Å². The van der Waals surface area contributed by atoms with E-state index in [0.29, 0.717) is 18.4 Å². The fraction of sp³-hybridized carbons (Fsp3) is 0.632. The summed E-state index contributed by atoms with van der Waals surface area (Å²) < 4.78 is 0. The Hall–Kier alpha value is -0.710. The number of nitrogens with zero attached hydrogens (tertiary/aromatic N) is 1. The molecule has 2 heterocycles. The summed E-state index contributed by atoms with van der Waals surface area (Å²) in [6.07, 6.45) is 4.11. The Morgan fingerprint density at radius 3 is 2.92 bits per heavy atom. The molecule has 1 aromatic carbocycles. The number of aryl methyl sites for hydroxylation is 1. The molecular formula is C19H29ClN2OS. The number of nitrogens with one attached hydrogen (secondary N) is 1. The molecule has 3 rings (SSSR count). The summed E-state index contributed by atoms with van der Waals surface area (Å²) >= 11 is 1.96. The van der Waals surface area contributed by atoms with Gasteiger partial charge in [0.05, 0.1) is 6.04 Å². The van der Waals surface area contributed by atoms with Crippen LogP contribution < -0.4 is 5.32 Å². The molecule has 2 atom stereocenters. The Bertz CT molecular complexity index is 560. The fourth-order valence-corrected chi connectivity index (χ4v) is 4.72. The Balaban J connectivity index is 0.00000208. The number of carbonyl (C=O) groups is 1. The predicted octanol–water partition coefficient (Wildman–Crippen LogP) is 3.87. The highest BCUT2D eigenvalue weighted by Gasteiger charge is 2.30. The van der Waals surface area contributed by atoms with Crippen LogP contribution in [-0.4, -0.2) is 41.4 Å². The summed E-state index contributed by atoms with van der Waals surface area (Å²) in [5, 5.41) is 3.50. The van der Waals surface area contributed by atoms with Crippen LogP contribution in [0.5, 0.6) is 0 Å². The van der Waals surface area contributed by atoms with E-state index in [4.69, 9.17) is 0 Å². The molecule has 0 bridgehead atoms. The number of likely N-dealkylation sites (tertiary alicyclic amines) is 1. The summed E-state index contributed by atoms with van der Waals surface area (Å²) in [5.41, 5.74) is 4.03. The van der Waals surface area contributed by atoms with Crippen molar-refractivity contribution in [2.75, 3.05) is 24.6 Å². The van der Waals surface area contributed by atoms with Gasteiger partial charge in [0, 0.05) is 37.1 Å². The number of rotatable bonds is 3. The van der Waals surface area contributed by atoms with Crippen molar-refractivity contribution in [3.8, 4) is 0 Å². The van der Waals surface area contributed by atoms with Crippen molar-refractivity contribution in [1.82, 2.24) is 10.2 Å². The van der Waals surface area contributed by atoms with E-state index in [1.54, 1.807) is 0 Å². The first kappa shape index (κ1) is 19.6. The predicted molar refractivity (Wildman–Crippen MR) is 105 cm³/mol. The third-order valence-corrected chi connectivity index (χ3v) is 6.38. The maximum Gasteiger partial charge on any atom is 0.224 e. The average molecular weight is 369 g/mol. The van der Waals surface area contributed by atoms with E-state index < -0.39 is 0 Å². The molecule has 0 aliphatic carbocycles. The van der Waals surface area contributed by atoms with E-state index >= 15 is 0 Å². The quantitative estimate of drug-likeness (QED) is 0.878. The zero-order valence-corrected chi connectivity index (χ0v) is 16.3. The number of carbonyl (C=O) groups excluding carboxylic acids is 1. The fourth-order valence-electron chi connectivity index (χ4n) is 3.77. The van der Waals surface area contributed by atoms with Crippen LogP contribution in [0.4, 0.5) is 0 Å². The molecule has 1 amide bonds. The van der Waals surface area contributed by atoms with Gasteiger partial charge in [-0.1, -0.05) is 18.2 Å². The maximum absolute atomic E-state index is 12.9. The number of benzene rings is 1. The molecule has 0 aromatic heterocycles. The molecule has 0 saturated carbocycles. The summed E-state index contributed by atoms with van der Waals surface area (Å²) in [6, 6.07) is 7.13. The minimum atomic E-state index is 0. The summed E-state index contributed by atoms with van der Waals surface area (Å²) in [6.45, 7) is 6.30. The first-order chi connectivity index (χ1) is 11.2. The summed E-state index contributed by atoms with van der Waals surface area (Å²) in [5.74, 6) is 2.56. The minimum absolute atomic E-state index is 0. The topological polar surface area (TPSA) is 32.3 Å². The van der Waals surface area contributed by atoms with Gasteiger partial charge in [0.15, 0.2) is 0 Å². The van der Waals surface area contributed by atoms with E-state index in [0.717, 1.165) is 31.7 Å². The van der Waals surface area contributed by atoms with Crippen LogP contribution in [0, 0.1) is 13.8 Å². The van der Waals surface area contributed by atoms with E-state index in [-0.39, 0.29) is 18.4 Å². The number of amides is 1. The van der Waals surface area contributed by atoms with Crippen molar-refractivity contribution in [3.63, 3.8) is 0 Å². The standard InChI is InChI=1S/C19H28N2OS.ClH/c1-14-6-5-7-17(15(14)2)18-8-3-4-10-21(18)19(22)12-16-13-23-11-9-20-16;/h5-7,16,18,20H,3-4,8-13H2,1-2H3;1H. The number of thioether (sulfide) groups is 1. The first-order valence-electron chi connectivity index (χ1n) is 8.83. The Morgan fingerprint density at radius 1 is 1.33 bits per heavy atom. The number of halogens is 1. The smallest absolute Gasteiger partial charge is 0.224 e. The van der Waals surface area contributed by atoms with Crippen LogP contribution in [0.25, 0.3) is 0 Å². The molecule has 0 radical (unpaired) electrons. The van der Waals surface area contributed by atoms with Gasteiger partial charge in [-0.2, -0.15) is 11.8 Å². The van der Waals surface area contributed by atoms with Crippen molar-refractivity contribution < 1.29 is 4.79 Å². The Labute approximate surface area is 156 Å². The van der Waals surface area contributed by atoms with Gasteiger partial charge in [0.1, 0.15) is 0 Å². The van der Waals surface area contributed by atoms with Crippen LogP contribution in [0.15, 0.2) is 18.2 Å². The number of hydrogen-bond acceptors (Lipinski definition) is 3. The third kappa shape index (κ3) is 4.47. The lowest BCUT2D eigenvalue weighted by atomic mass is 9.90. The second-order valence-corrected chi connectivity index (χ2v) is 7.97. The van der Waals surface area contributed by atoms with Gasteiger partial charge in [-0.15, -0.1) is 12.4 Å². The third-order valence-electron chi connectivity index (χ3n) is 5.25. The average Bonchev–Trinajstić information content (AvgIpc) is 2.58. The molecule has 1 aromatic rings. The van der Waals surface area contributed by atoms with Gasteiger partial charge in [-0.25, -0.2) is 0 Å². The zero-order valence-electron chi connectivity index (χ0n) is 14.7. The molecule has 134 valence electrons. The van der Waals surface area contributed by atoms with Crippen LogP contribution in [0.2, 0.25) is 0 Å². The second-order valence-electron chi connectivity index (χ2n) is 6.82. The number of piperidine rings is 1. The number of hydrogen-bond donors (Lipinski definition) is 1. The van der Waals surface area contributed by atoms with Crippen LogP contribution in [0.1, 0.15) is 48.4 Å². The molecule has 24 heavy (non-hydrogen) atoms. The molecule has 3 nitrogen and oxygen atoms in total. The first-order valence-corrected chi connectivity index (χ1v) is 9.99. The highest BCUT2D eigenvalue weighted by Crippen LogP contribution is 2.34. The SMILES string of the molecule is Cc1cccc(C2CCCCN2C(=O)CC2CSCCN2)c1C.Cl. The van der Waals surface area contributed by atoms with Crippen molar-refractivity contribution in [2.45, 2.75) is 51.6 Å². The molecule has 0 spiro atoms. The monoisotopic (exact) mass is 368 g/mol. The van der Waals surface area contributed by atoms with Crippen LogP contribution >= 0.6 is 24.2 Å². The van der Waals surface area contributed by atoms with Gasteiger partial charge < -0.3 is 10.2 Å². The minimum Gasteiger partial charge on any atom is -0.336 e. The van der Waals surface area contributed by atoms with Crippen molar-refractivity contribution in [3.05, 3.63) is 34.9 Å². The molecule has 5 heteroatoms. The highest BCUT2D eigenvalue weighted by atomic mass is 35.5. The normalized spacial score (nSPS) is 24.3. The molecule has 2 aliphatic rings. The molecule has 2 saturated heterocycles. The molecule has 1 N–H and O–H groups in total. The summed E-state index contributed by atoms with van der Waals surface area (Å²) in [4.78, 5) is 15.1. The maximum atomic E-state index is 12.9. The lowest BCUT2D eigenvalue weighted by Crippen LogP contribution is -2.45. The Morgan fingerprint density at radius 2 is 2.17 bits per heavy atom. The summed E-state index contributed by atoms with van der Waals surface area (Å²) in [7, 11) is 0. The van der Waals surface area contributed by atoms with Crippen molar-refractivity contribution in [2.24, 2.45) is 0 Å². The van der Waals surface area contributed by atoms with Crippen molar-refractivity contribution >= 4 is 30.1 Å². The molecule has 2 unspecified atom stereocenters. The second kappa shape index (κ2) is 9.12. The van der Waals surface area contributed by atoms with Crippen LogP contribution in [-0.2, 0) is 4.79 Å². The zero-order chi connectivity index (χ0) is 16.2. The highest BCUT2D eigenvalue weighted by molar-refractivity contribution is 7.99. The Kier molecular flexibility index (Phi) is 7.45. The molecule has 2 aliphatic heterocycles.